The number of fused-ring (bicyclic) bond motifs is 1. The lowest BCUT2D eigenvalue weighted by Gasteiger charge is -2.13. The average Bonchev–Trinajstić information content (AvgIpc) is 3.30. The molecule has 1 aromatic carbocycles. The zero-order valence-corrected chi connectivity index (χ0v) is 15.2. The first-order valence-corrected chi connectivity index (χ1v) is 9.12. The Morgan fingerprint density at radius 2 is 2.22 bits per heavy atom. The van der Waals surface area contributed by atoms with Gasteiger partial charge in [0.05, 0.1) is 36.1 Å². The average molecular weight is 398 g/mol. The van der Waals surface area contributed by atoms with Crippen LogP contribution in [0.25, 0.3) is 11.4 Å². The van der Waals surface area contributed by atoms with Crippen LogP contribution in [-0.2, 0) is 17.7 Å². The molecule has 0 spiro atoms. The van der Waals surface area contributed by atoms with E-state index in [2.05, 4.69) is 27.4 Å². The number of hydrogen-bond donors (Lipinski definition) is 0. The van der Waals surface area contributed by atoms with Gasteiger partial charge in [0.2, 0.25) is 0 Å². The Kier molecular flexibility index (Phi) is 4.12. The molecule has 6 heteroatoms. The number of aromatic nitrogens is 2. The smallest absolute Gasteiger partial charge is 0.141 e. The minimum Gasteiger partial charge on any atom is -0.489 e. The molecule has 1 aliphatic carbocycles. The number of imidazole rings is 1. The Morgan fingerprint density at radius 1 is 1.39 bits per heavy atom. The van der Waals surface area contributed by atoms with Gasteiger partial charge in [-0.1, -0.05) is 11.6 Å². The lowest BCUT2D eigenvalue weighted by atomic mass is 10.2. The maximum absolute atomic E-state index is 6.40. The van der Waals surface area contributed by atoms with Crippen molar-refractivity contribution in [3.63, 3.8) is 0 Å². The Labute approximate surface area is 148 Å². The quantitative estimate of drug-likeness (QED) is 0.767. The van der Waals surface area contributed by atoms with Crippen molar-refractivity contribution in [3.05, 3.63) is 33.5 Å². The van der Waals surface area contributed by atoms with Crippen LogP contribution in [0.2, 0.25) is 5.02 Å². The molecule has 0 N–H and O–H groups in total. The molecule has 1 aliphatic heterocycles. The summed E-state index contributed by atoms with van der Waals surface area (Å²) in [5.74, 6) is 1.68. The van der Waals surface area contributed by atoms with E-state index in [1.54, 1.807) is 0 Å². The molecule has 4 nitrogen and oxygen atoms in total. The fourth-order valence-electron chi connectivity index (χ4n) is 2.88. The molecule has 1 unspecified atom stereocenters. The highest BCUT2D eigenvalue weighted by Crippen LogP contribution is 2.36. The molecular formula is C17H18BrClN2O2. The topological polar surface area (TPSA) is 36.3 Å². The minimum atomic E-state index is 0.170. The summed E-state index contributed by atoms with van der Waals surface area (Å²) in [6, 6.07) is 5.92. The van der Waals surface area contributed by atoms with Crippen LogP contribution in [0.1, 0.15) is 25.5 Å². The van der Waals surface area contributed by atoms with Gasteiger partial charge in [-0.2, -0.15) is 0 Å². The van der Waals surface area contributed by atoms with E-state index in [-0.39, 0.29) is 6.10 Å². The fourth-order valence-corrected chi connectivity index (χ4v) is 3.69. The largest absolute Gasteiger partial charge is 0.489 e. The Bertz CT molecular complexity index is 742. The molecule has 1 fully saturated rings. The van der Waals surface area contributed by atoms with Crippen molar-refractivity contribution in [1.29, 1.82) is 0 Å². The third kappa shape index (κ3) is 3.14. The number of rotatable bonds is 3. The number of nitrogens with zero attached hydrogens (tertiary/aromatic N) is 2. The first-order chi connectivity index (χ1) is 11.1. The van der Waals surface area contributed by atoms with Crippen LogP contribution >= 0.6 is 27.5 Å². The third-order valence-corrected chi connectivity index (χ3v) is 5.14. The lowest BCUT2D eigenvalue weighted by molar-refractivity contribution is 0.0666. The maximum atomic E-state index is 6.40. The van der Waals surface area contributed by atoms with Gasteiger partial charge < -0.3 is 14.0 Å². The highest BCUT2D eigenvalue weighted by Gasteiger charge is 2.25. The van der Waals surface area contributed by atoms with Crippen LogP contribution in [0.15, 0.2) is 22.8 Å². The van der Waals surface area contributed by atoms with Gasteiger partial charge in [0, 0.05) is 12.0 Å². The lowest BCUT2D eigenvalue weighted by Crippen LogP contribution is -2.15. The molecule has 4 rings (SSSR count). The second kappa shape index (κ2) is 6.11. The van der Waals surface area contributed by atoms with Crippen LogP contribution in [0.5, 0.6) is 5.75 Å². The zero-order valence-electron chi connectivity index (χ0n) is 12.9. The summed E-state index contributed by atoms with van der Waals surface area (Å²) in [6.07, 6.45) is 3.61. The van der Waals surface area contributed by atoms with E-state index >= 15 is 0 Å². The molecule has 2 aromatic rings. The molecule has 1 saturated carbocycles. The Morgan fingerprint density at radius 3 is 2.96 bits per heavy atom. The molecule has 122 valence electrons. The van der Waals surface area contributed by atoms with Gasteiger partial charge in [-0.25, -0.2) is 4.98 Å². The molecule has 2 aliphatic rings. The van der Waals surface area contributed by atoms with E-state index in [1.165, 1.54) is 5.69 Å². The summed E-state index contributed by atoms with van der Waals surface area (Å²) in [6.45, 7) is 3.60. The van der Waals surface area contributed by atoms with Crippen molar-refractivity contribution in [2.24, 2.45) is 0 Å². The van der Waals surface area contributed by atoms with Gasteiger partial charge in [-0.3, -0.25) is 0 Å². The molecule has 0 amide bonds. The van der Waals surface area contributed by atoms with Crippen LogP contribution in [0.3, 0.4) is 0 Å². The van der Waals surface area contributed by atoms with Gasteiger partial charge in [-0.05, 0) is 53.9 Å². The van der Waals surface area contributed by atoms with Crippen molar-refractivity contribution in [2.75, 3.05) is 6.61 Å². The normalized spacial score (nSPS) is 20.9. The van der Waals surface area contributed by atoms with Gasteiger partial charge >= 0.3 is 0 Å². The molecule has 1 atom stereocenters. The molecule has 23 heavy (non-hydrogen) atoms. The summed E-state index contributed by atoms with van der Waals surface area (Å²) >= 11 is 9.99. The maximum Gasteiger partial charge on any atom is 0.141 e. The first-order valence-electron chi connectivity index (χ1n) is 7.95. The van der Waals surface area contributed by atoms with Crippen molar-refractivity contribution in [3.8, 4) is 17.1 Å². The van der Waals surface area contributed by atoms with Crippen molar-refractivity contribution >= 4 is 27.5 Å². The summed E-state index contributed by atoms with van der Waals surface area (Å²) in [7, 11) is 0. The third-order valence-electron chi connectivity index (χ3n) is 4.21. The highest BCUT2D eigenvalue weighted by atomic mass is 79.9. The van der Waals surface area contributed by atoms with E-state index in [0.29, 0.717) is 11.1 Å². The summed E-state index contributed by atoms with van der Waals surface area (Å²) in [5.41, 5.74) is 2.18. The standard InChI is InChI=1S/C17H18BrClN2O2/c1-10-9-21-14(6-7-22-10)16(18)20-17(21)11-2-5-15(13(19)8-11)23-12-3-4-12/h2,5,8,10,12H,3-4,6-7,9H2,1H3. The number of halogens is 2. The molecular weight excluding hydrogens is 380 g/mol. The first kappa shape index (κ1) is 15.5. The van der Waals surface area contributed by atoms with Gasteiger partial charge in [-0.15, -0.1) is 0 Å². The Hall–Kier alpha value is -1.04. The second-order valence-corrected chi connectivity index (χ2v) is 7.34. The van der Waals surface area contributed by atoms with Crippen LogP contribution in [0.4, 0.5) is 0 Å². The predicted molar refractivity (Wildman–Crippen MR) is 93.1 cm³/mol. The summed E-state index contributed by atoms with van der Waals surface area (Å²) < 4.78 is 14.7. The Balaban J connectivity index is 1.71. The minimum absolute atomic E-state index is 0.170. The van der Waals surface area contributed by atoms with Crippen molar-refractivity contribution < 1.29 is 9.47 Å². The van der Waals surface area contributed by atoms with Gasteiger partial charge in [0.15, 0.2) is 0 Å². The monoisotopic (exact) mass is 396 g/mol. The fraction of sp³-hybridized carbons (Fsp3) is 0.471. The van der Waals surface area contributed by atoms with Gasteiger partial charge in [0.1, 0.15) is 16.2 Å². The number of hydrogen-bond acceptors (Lipinski definition) is 3. The molecule has 0 radical (unpaired) electrons. The van der Waals surface area contributed by atoms with Gasteiger partial charge in [0.25, 0.3) is 0 Å². The van der Waals surface area contributed by atoms with Crippen LogP contribution < -0.4 is 4.74 Å². The van der Waals surface area contributed by atoms with Crippen molar-refractivity contribution in [1.82, 2.24) is 9.55 Å². The highest BCUT2D eigenvalue weighted by molar-refractivity contribution is 9.10. The van der Waals surface area contributed by atoms with Crippen molar-refractivity contribution in [2.45, 2.75) is 44.9 Å². The molecule has 0 bridgehead atoms. The SMILES string of the molecule is CC1Cn2c(-c3ccc(OC4CC4)c(Cl)c3)nc(Br)c2CCO1. The predicted octanol–water partition coefficient (Wildman–Crippen LogP) is 4.47. The molecule has 0 saturated heterocycles. The molecule has 2 heterocycles. The summed E-state index contributed by atoms with van der Waals surface area (Å²) in [5, 5.41) is 0.640. The summed E-state index contributed by atoms with van der Waals surface area (Å²) in [4.78, 5) is 4.71. The number of ether oxygens (including phenoxy) is 2. The zero-order chi connectivity index (χ0) is 16.0. The van der Waals surface area contributed by atoms with E-state index < -0.39 is 0 Å². The van der Waals surface area contributed by atoms with E-state index in [4.69, 9.17) is 26.1 Å². The van der Waals surface area contributed by atoms with E-state index in [1.807, 2.05) is 18.2 Å². The van der Waals surface area contributed by atoms with Crippen LogP contribution in [-0.4, -0.2) is 28.4 Å². The van der Waals surface area contributed by atoms with E-state index in [9.17, 15) is 0 Å². The van der Waals surface area contributed by atoms with E-state index in [0.717, 1.165) is 54.2 Å². The molecule has 1 aromatic heterocycles. The second-order valence-electron chi connectivity index (χ2n) is 6.18. The number of benzene rings is 1. The van der Waals surface area contributed by atoms with Crippen LogP contribution in [0, 0.1) is 0 Å².